The molecule has 4 rings (SSSR count). The standard InChI is InChI=1S/C29H45N5S/c1-4-32(5-2)14-13-30-29(35)31-26-12-11-25-20-27(19-23(3)28(25)21-26)34-17-15-33(16-18-34)22-24-9-7-6-8-10-24/h11-12,19-21,24H,4-10,13-18,22H2,1-3H3,(H2,30,31,35). The number of anilines is 2. The summed E-state index contributed by atoms with van der Waals surface area (Å²) in [6.45, 7) is 16.6. The van der Waals surface area contributed by atoms with Crippen LogP contribution in [0.15, 0.2) is 30.3 Å². The van der Waals surface area contributed by atoms with E-state index in [1.54, 1.807) is 0 Å². The Morgan fingerprint density at radius 2 is 1.74 bits per heavy atom. The first-order valence-electron chi connectivity index (χ1n) is 13.8. The van der Waals surface area contributed by atoms with Gasteiger partial charge in [0, 0.05) is 57.2 Å². The summed E-state index contributed by atoms with van der Waals surface area (Å²) in [5.74, 6) is 0.937. The molecule has 0 aromatic heterocycles. The highest BCUT2D eigenvalue weighted by molar-refractivity contribution is 7.80. The lowest BCUT2D eigenvalue weighted by molar-refractivity contribution is 0.192. The molecule has 1 heterocycles. The molecular formula is C29H45N5S. The summed E-state index contributed by atoms with van der Waals surface area (Å²) >= 11 is 5.53. The topological polar surface area (TPSA) is 33.8 Å². The van der Waals surface area contributed by atoms with E-state index in [1.165, 1.54) is 73.8 Å². The van der Waals surface area contributed by atoms with Gasteiger partial charge in [-0.1, -0.05) is 39.2 Å². The zero-order chi connectivity index (χ0) is 24.6. The van der Waals surface area contributed by atoms with Crippen LogP contribution in [0.2, 0.25) is 0 Å². The van der Waals surface area contributed by atoms with Crippen LogP contribution in [0, 0.1) is 12.8 Å². The quantitative estimate of drug-likeness (QED) is 0.449. The van der Waals surface area contributed by atoms with Crippen molar-refractivity contribution in [2.75, 3.05) is 69.1 Å². The van der Waals surface area contributed by atoms with Crippen molar-refractivity contribution in [3.05, 3.63) is 35.9 Å². The number of rotatable bonds is 9. The van der Waals surface area contributed by atoms with Gasteiger partial charge in [0.05, 0.1) is 0 Å². The van der Waals surface area contributed by atoms with Gasteiger partial charge in [0.2, 0.25) is 0 Å². The second-order valence-corrected chi connectivity index (χ2v) is 10.8. The third-order valence-electron chi connectivity index (χ3n) is 7.99. The maximum atomic E-state index is 5.53. The number of nitrogens with one attached hydrogen (secondary N) is 2. The Balaban J connectivity index is 1.32. The van der Waals surface area contributed by atoms with E-state index in [4.69, 9.17) is 12.2 Å². The minimum absolute atomic E-state index is 0.692. The molecule has 0 atom stereocenters. The summed E-state index contributed by atoms with van der Waals surface area (Å²) in [4.78, 5) is 7.67. The van der Waals surface area contributed by atoms with E-state index in [0.717, 1.165) is 50.9 Å². The lowest BCUT2D eigenvalue weighted by atomic mass is 9.89. The summed E-state index contributed by atoms with van der Waals surface area (Å²) < 4.78 is 0. The van der Waals surface area contributed by atoms with E-state index in [-0.39, 0.29) is 0 Å². The van der Waals surface area contributed by atoms with Crippen molar-refractivity contribution in [3.63, 3.8) is 0 Å². The zero-order valence-electron chi connectivity index (χ0n) is 22.1. The van der Waals surface area contributed by atoms with E-state index in [9.17, 15) is 0 Å². The van der Waals surface area contributed by atoms with Crippen LogP contribution in [-0.2, 0) is 0 Å². The predicted octanol–water partition coefficient (Wildman–Crippen LogP) is 5.48. The Kier molecular flexibility index (Phi) is 9.64. The number of piperazine rings is 1. The van der Waals surface area contributed by atoms with Gasteiger partial charge in [-0.15, -0.1) is 0 Å². The molecule has 0 bridgehead atoms. The Bertz CT molecular complexity index is 959. The summed E-state index contributed by atoms with van der Waals surface area (Å²) in [6, 6.07) is 11.3. The molecule has 2 aromatic rings. The van der Waals surface area contributed by atoms with Crippen LogP contribution in [-0.4, -0.2) is 73.8 Å². The van der Waals surface area contributed by atoms with Crippen molar-refractivity contribution in [1.29, 1.82) is 0 Å². The predicted molar refractivity (Wildman–Crippen MR) is 156 cm³/mol. The van der Waals surface area contributed by atoms with Crippen molar-refractivity contribution in [2.24, 2.45) is 5.92 Å². The normalized spacial score (nSPS) is 17.8. The molecule has 2 fully saturated rings. The van der Waals surface area contributed by atoms with Gasteiger partial charge in [-0.05, 0) is 91.6 Å². The van der Waals surface area contributed by atoms with Crippen molar-refractivity contribution >= 4 is 39.5 Å². The molecule has 192 valence electrons. The van der Waals surface area contributed by atoms with Crippen LogP contribution >= 0.6 is 12.2 Å². The third-order valence-corrected chi connectivity index (χ3v) is 8.24. The number of fused-ring (bicyclic) bond motifs is 1. The fraction of sp³-hybridized carbons (Fsp3) is 0.621. The smallest absolute Gasteiger partial charge is 0.170 e. The molecule has 35 heavy (non-hydrogen) atoms. The van der Waals surface area contributed by atoms with Gasteiger partial charge < -0.3 is 20.4 Å². The van der Waals surface area contributed by atoms with Crippen LogP contribution in [0.3, 0.4) is 0 Å². The first kappa shape index (κ1) is 26.2. The van der Waals surface area contributed by atoms with Crippen molar-refractivity contribution in [2.45, 2.75) is 52.9 Å². The fourth-order valence-corrected chi connectivity index (χ4v) is 5.97. The van der Waals surface area contributed by atoms with Crippen LogP contribution in [0.4, 0.5) is 11.4 Å². The Hall–Kier alpha value is -1.89. The highest BCUT2D eigenvalue weighted by Gasteiger charge is 2.22. The molecule has 2 aliphatic rings. The lowest BCUT2D eigenvalue weighted by Crippen LogP contribution is -2.48. The molecule has 0 unspecified atom stereocenters. The molecule has 2 N–H and O–H groups in total. The maximum absolute atomic E-state index is 5.53. The number of benzene rings is 2. The van der Waals surface area contributed by atoms with Crippen LogP contribution in [0.25, 0.3) is 10.8 Å². The van der Waals surface area contributed by atoms with E-state index < -0.39 is 0 Å². The summed E-state index contributed by atoms with van der Waals surface area (Å²) in [5, 5.41) is 10.0. The monoisotopic (exact) mass is 495 g/mol. The summed E-state index contributed by atoms with van der Waals surface area (Å²) in [6.07, 6.45) is 7.22. The Morgan fingerprint density at radius 3 is 2.46 bits per heavy atom. The minimum atomic E-state index is 0.692. The highest BCUT2D eigenvalue weighted by Crippen LogP contribution is 2.30. The van der Waals surface area contributed by atoms with Crippen LogP contribution < -0.4 is 15.5 Å². The van der Waals surface area contributed by atoms with Crippen molar-refractivity contribution in [3.8, 4) is 0 Å². The fourth-order valence-electron chi connectivity index (χ4n) is 5.75. The number of likely N-dealkylation sites (N-methyl/N-ethyl adjacent to an activating group) is 1. The zero-order valence-corrected chi connectivity index (χ0v) is 22.9. The van der Waals surface area contributed by atoms with Crippen molar-refractivity contribution in [1.82, 2.24) is 15.1 Å². The molecule has 0 spiro atoms. The van der Waals surface area contributed by atoms with Crippen molar-refractivity contribution < 1.29 is 0 Å². The summed E-state index contributed by atoms with van der Waals surface area (Å²) in [7, 11) is 0. The van der Waals surface area contributed by atoms with Crippen LogP contribution in [0.1, 0.15) is 51.5 Å². The van der Waals surface area contributed by atoms with E-state index >= 15 is 0 Å². The van der Waals surface area contributed by atoms with E-state index in [1.807, 2.05) is 0 Å². The number of nitrogens with zero attached hydrogens (tertiary/aromatic N) is 3. The second kappa shape index (κ2) is 12.9. The van der Waals surface area contributed by atoms with E-state index in [2.05, 4.69) is 76.4 Å². The molecule has 0 radical (unpaired) electrons. The SMILES string of the molecule is CCN(CC)CCNC(=S)Nc1ccc2cc(N3CCN(CC4CCCCC4)CC3)cc(C)c2c1. The Labute approximate surface area is 218 Å². The van der Waals surface area contributed by atoms with Gasteiger partial charge in [-0.25, -0.2) is 0 Å². The first-order chi connectivity index (χ1) is 17.1. The van der Waals surface area contributed by atoms with Gasteiger partial charge >= 0.3 is 0 Å². The lowest BCUT2D eigenvalue weighted by Gasteiger charge is -2.38. The van der Waals surface area contributed by atoms with Gasteiger partial charge in [-0.3, -0.25) is 4.90 Å². The Morgan fingerprint density at radius 1 is 1.00 bits per heavy atom. The molecule has 1 aliphatic carbocycles. The number of aryl methyl sites for hydroxylation is 1. The number of hydrogen-bond donors (Lipinski definition) is 2. The summed E-state index contributed by atoms with van der Waals surface area (Å²) in [5.41, 5.74) is 3.73. The molecule has 6 heteroatoms. The van der Waals surface area contributed by atoms with Gasteiger partial charge in [0.1, 0.15) is 0 Å². The number of thiocarbonyl (C=S) groups is 1. The van der Waals surface area contributed by atoms with Gasteiger partial charge in [0.25, 0.3) is 0 Å². The third kappa shape index (κ3) is 7.31. The molecule has 0 amide bonds. The van der Waals surface area contributed by atoms with Gasteiger partial charge in [-0.2, -0.15) is 0 Å². The average Bonchev–Trinajstić information content (AvgIpc) is 2.88. The largest absolute Gasteiger partial charge is 0.369 e. The van der Waals surface area contributed by atoms with Crippen LogP contribution in [0.5, 0.6) is 0 Å². The maximum Gasteiger partial charge on any atom is 0.170 e. The minimum Gasteiger partial charge on any atom is -0.369 e. The second-order valence-electron chi connectivity index (χ2n) is 10.4. The van der Waals surface area contributed by atoms with E-state index in [0.29, 0.717) is 5.11 Å². The number of hydrogen-bond acceptors (Lipinski definition) is 4. The molecule has 1 aliphatic heterocycles. The molecule has 2 aromatic carbocycles. The molecule has 1 saturated carbocycles. The molecular weight excluding hydrogens is 450 g/mol. The first-order valence-corrected chi connectivity index (χ1v) is 14.3. The highest BCUT2D eigenvalue weighted by atomic mass is 32.1. The average molecular weight is 496 g/mol. The molecule has 5 nitrogen and oxygen atoms in total. The molecule has 1 saturated heterocycles. The van der Waals surface area contributed by atoms with Gasteiger partial charge in [0.15, 0.2) is 5.11 Å².